The molecule has 19 heavy (non-hydrogen) atoms. The van der Waals surface area contributed by atoms with Crippen LogP contribution in [-0.4, -0.2) is 30.3 Å². The van der Waals surface area contributed by atoms with Crippen molar-refractivity contribution in [2.24, 2.45) is 11.7 Å². The number of hydrogen-bond donors (Lipinski definition) is 2. The third-order valence-corrected chi connectivity index (χ3v) is 4.55. The van der Waals surface area contributed by atoms with Crippen LogP contribution in [0.2, 0.25) is 0 Å². The van der Waals surface area contributed by atoms with E-state index in [4.69, 9.17) is 5.73 Å². The first kappa shape index (κ1) is 14.4. The molecular formula is C16H26N2O. The topological polar surface area (TPSA) is 49.5 Å². The largest absolute Gasteiger partial charge is 0.394 e. The number of rotatable bonds is 6. The van der Waals surface area contributed by atoms with Gasteiger partial charge in [0.05, 0.1) is 6.61 Å². The quantitative estimate of drug-likeness (QED) is 0.827. The Morgan fingerprint density at radius 1 is 1.37 bits per heavy atom. The molecule has 2 unspecified atom stereocenters. The lowest BCUT2D eigenvalue weighted by molar-refractivity contribution is 0.156. The Morgan fingerprint density at radius 2 is 2.11 bits per heavy atom. The number of nitrogens with zero attached hydrogens (tertiary/aromatic N) is 1. The van der Waals surface area contributed by atoms with Crippen molar-refractivity contribution in [3.63, 3.8) is 0 Å². The van der Waals surface area contributed by atoms with Crippen molar-refractivity contribution in [3.8, 4) is 0 Å². The van der Waals surface area contributed by atoms with E-state index in [1.165, 1.54) is 5.69 Å². The highest BCUT2D eigenvalue weighted by atomic mass is 16.3. The fraction of sp³-hybridized carbons (Fsp3) is 0.625. The number of anilines is 1. The molecule has 1 aliphatic carbocycles. The van der Waals surface area contributed by atoms with E-state index in [2.05, 4.69) is 36.1 Å². The summed E-state index contributed by atoms with van der Waals surface area (Å²) in [4.78, 5) is 2.39. The zero-order valence-electron chi connectivity index (χ0n) is 11.9. The van der Waals surface area contributed by atoms with Gasteiger partial charge in [0.2, 0.25) is 0 Å². The minimum Gasteiger partial charge on any atom is -0.394 e. The van der Waals surface area contributed by atoms with Crippen LogP contribution in [0, 0.1) is 5.92 Å². The summed E-state index contributed by atoms with van der Waals surface area (Å²) in [6, 6.07) is 10.5. The van der Waals surface area contributed by atoms with Crippen molar-refractivity contribution in [2.75, 3.05) is 24.6 Å². The van der Waals surface area contributed by atoms with Gasteiger partial charge in [0.15, 0.2) is 0 Å². The molecule has 2 rings (SSSR count). The van der Waals surface area contributed by atoms with Crippen molar-refractivity contribution >= 4 is 5.69 Å². The zero-order chi connectivity index (χ0) is 13.7. The fourth-order valence-corrected chi connectivity index (χ4v) is 3.23. The monoisotopic (exact) mass is 262 g/mol. The van der Waals surface area contributed by atoms with Crippen LogP contribution in [0.5, 0.6) is 0 Å². The first-order chi connectivity index (χ1) is 9.19. The molecule has 1 aliphatic rings. The fourth-order valence-electron chi connectivity index (χ4n) is 3.23. The highest BCUT2D eigenvalue weighted by molar-refractivity contribution is 5.45. The lowest BCUT2D eigenvalue weighted by Crippen LogP contribution is -2.47. The number of aliphatic hydroxyl groups is 1. The molecule has 2 atom stereocenters. The van der Waals surface area contributed by atoms with Crippen molar-refractivity contribution in [2.45, 2.75) is 38.1 Å². The molecule has 0 saturated heterocycles. The molecule has 0 aliphatic heterocycles. The van der Waals surface area contributed by atoms with Gasteiger partial charge in [-0.1, -0.05) is 24.6 Å². The highest BCUT2D eigenvalue weighted by Crippen LogP contribution is 2.36. The summed E-state index contributed by atoms with van der Waals surface area (Å²) in [7, 11) is 0. The number of nitrogens with two attached hydrogens (primary N) is 1. The third kappa shape index (κ3) is 3.28. The maximum Gasteiger partial charge on any atom is 0.0613 e. The van der Waals surface area contributed by atoms with E-state index in [0.717, 1.165) is 38.8 Å². The van der Waals surface area contributed by atoms with Crippen molar-refractivity contribution in [1.82, 2.24) is 0 Å². The van der Waals surface area contributed by atoms with Crippen LogP contribution in [0.1, 0.15) is 32.6 Å². The second-order valence-electron chi connectivity index (χ2n) is 5.68. The number of para-hydroxylation sites is 1. The molecule has 1 saturated carbocycles. The Balaban J connectivity index is 1.94. The third-order valence-electron chi connectivity index (χ3n) is 4.55. The molecule has 0 amide bonds. The molecule has 0 aromatic heterocycles. The first-order valence-electron chi connectivity index (χ1n) is 7.39. The standard InChI is InChI=1S/C16H26N2O/c1-2-18(15-8-4-3-5-9-15)12-10-14-7-6-11-16(14,17)13-19/h3-5,8-9,14,19H,2,6-7,10-13,17H2,1H3. The highest BCUT2D eigenvalue weighted by Gasteiger charge is 2.38. The number of benzene rings is 1. The van der Waals surface area contributed by atoms with E-state index in [1.54, 1.807) is 0 Å². The molecule has 3 nitrogen and oxygen atoms in total. The van der Waals surface area contributed by atoms with Crippen LogP contribution in [0.25, 0.3) is 0 Å². The molecule has 0 heterocycles. The van der Waals surface area contributed by atoms with Gasteiger partial charge in [-0.3, -0.25) is 0 Å². The van der Waals surface area contributed by atoms with Crippen LogP contribution in [0.3, 0.4) is 0 Å². The molecule has 0 radical (unpaired) electrons. The molecule has 3 heteroatoms. The summed E-state index contributed by atoms with van der Waals surface area (Å²) >= 11 is 0. The molecule has 0 spiro atoms. The van der Waals surface area contributed by atoms with Gasteiger partial charge in [-0.05, 0) is 44.2 Å². The Bertz CT molecular complexity index is 382. The molecular weight excluding hydrogens is 236 g/mol. The molecule has 1 aromatic carbocycles. The van der Waals surface area contributed by atoms with Crippen LogP contribution in [0.4, 0.5) is 5.69 Å². The van der Waals surface area contributed by atoms with Gasteiger partial charge in [0.25, 0.3) is 0 Å². The zero-order valence-corrected chi connectivity index (χ0v) is 11.9. The Morgan fingerprint density at radius 3 is 2.74 bits per heavy atom. The molecule has 1 fully saturated rings. The van der Waals surface area contributed by atoms with Crippen molar-refractivity contribution < 1.29 is 5.11 Å². The second-order valence-corrected chi connectivity index (χ2v) is 5.68. The second kappa shape index (κ2) is 6.40. The normalized spacial score (nSPS) is 26.6. The lowest BCUT2D eigenvalue weighted by Gasteiger charge is -2.32. The Labute approximate surface area is 116 Å². The summed E-state index contributed by atoms with van der Waals surface area (Å²) < 4.78 is 0. The first-order valence-corrected chi connectivity index (χ1v) is 7.39. The Hall–Kier alpha value is -1.06. The van der Waals surface area contributed by atoms with Gasteiger partial charge in [-0.25, -0.2) is 0 Å². The SMILES string of the molecule is CCN(CCC1CCCC1(N)CO)c1ccccc1. The van der Waals surface area contributed by atoms with E-state index in [-0.39, 0.29) is 12.1 Å². The van der Waals surface area contributed by atoms with Crippen molar-refractivity contribution in [1.29, 1.82) is 0 Å². The summed E-state index contributed by atoms with van der Waals surface area (Å²) in [5.74, 6) is 0.454. The average Bonchev–Trinajstić information content (AvgIpc) is 2.83. The van der Waals surface area contributed by atoms with Crippen molar-refractivity contribution in [3.05, 3.63) is 30.3 Å². The molecule has 106 valence electrons. The minimum atomic E-state index is -0.337. The summed E-state index contributed by atoms with van der Waals surface area (Å²) in [6.07, 6.45) is 4.34. The van der Waals surface area contributed by atoms with Gasteiger partial charge in [0, 0.05) is 24.3 Å². The van der Waals surface area contributed by atoms with Gasteiger partial charge in [-0.15, -0.1) is 0 Å². The minimum absolute atomic E-state index is 0.120. The van der Waals surface area contributed by atoms with Crippen LogP contribution in [-0.2, 0) is 0 Å². The number of hydrogen-bond acceptors (Lipinski definition) is 3. The van der Waals surface area contributed by atoms with Gasteiger partial charge in [0.1, 0.15) is 0 Å². The van der Waals surface area contributed by atoms with Crippen LogP contribution in [0.15, 0.2) is 30.3 Å². The van der Waals surface area contributed by atoms with E-state index in [9.17, 15) is 5.11 Å². The Kier molecular flexibility index (Phi) is 4.83. The maximum atomic E-state index is 9.50. The number of aliphatic hydroxyl groups excluding tert-OH is 1. The van der Waals surface area contributed by atoms with E-state index >= 15 is 0 Å². The predicted octanol–water partition coefficient (Wildman–Crippen LogP) is 2.39. The van der Waals surface area contributed by atoms with Gasteiger partial charge in [-0.2, -0.15) is 0 Å². The molecule has 3 N–H and O–H groups in total. The van der Waals surface area contributed by atoms with Crippen LogP contribution >= 0.6 is 0 Å². The smallest absolute Gasteiger partial charge is 0.0613 e. The van der Waals surface area contributed by atoms with E-state index < -0.39 is 0 Å². The van der Waals surface area contributed by atoms with Crippen LogP contribution < -0.4 is 10.6 Å². The predicted molar refractivity (Wildman–Crippen MR) is 80.3 cm³/mol. The average molecular weight is 262 g/mol. The van der Waals surface area contributed by atoms with Gasteiger partial charge >= 0.3 is 0 Å². The van der Waals surface area contributed by atoms with E-state index in [1.807, 2.05) is 6.07 Å². The maximum absolute atomic E-state index is 9.50. The van der Waals surface area contributed by atoms with E-state index in [0.29, 0.717) is 5.92 Å². The summed E-state index contributed by atoms with van der Waals surface area (Å²) in [6.45, 7) is 4.33. The lowest BCUT2D eigenvalue weighted by atomic mass is 9.86. The molecule has 0 bridgehead atoms. The summed E-state index contributed by atoms with van der Waals surface area (Å²) in [5.41, 5.74) is 7.24. The van der Waals surface area contributed by atoms with Gasteiger partial charge < -0.3 is 15.7 Å². The summed E-state index contributed by atoms with van der Waals surface area (Å²) in [5, 5.41) is 9.50. The molecule has 1 aromatic rings.